The number of nitrogens with zero attached hydrogens (tertiary/aromatic N) is 1. The van der Waals surface area contributed by atoms with Crippen LogP contribution in [-0.4, -0.2) is 23.9 Å². The fraction of sp³-hybridized carbons (Fsp3) is 0.364. The summed E-state index contributed by atoms with van der Waals surface area (Å²) in [5.74, 6) is 0.576. The first-order chi connectivity index (χ1) is 7.18. The van der Waals surface area contributed by atoms with Crippen molar-refractivity contribution in [1.29, 1.82) is 0 Å². The molecule has 0 N–H and O–H groups in total. The van der Waals surface area contributed by atoms with Crippen LogP contribution in [0.25, 0.3) is 0 Å². The molecule has 2 rings (SSSR count). The summed E-state index contributed by atoms with van der Waals surface area (Å²) in [4.78, 5) is 2.38. The van der Waals surface area contributed by atoms with Gasteiger partial charge in [-0.25, -0.2) is 7.36 Å². The fourth-order valence-electron chi connectivity index (χ4n) is 1.80. The number of rotatable bonds is 2. The largest absolute Gasteiger partial charge is 0.406 e. The Morgan fingerprint density at radius 1 is 1.44 bits per heavy atom. The van der Waals surface area contributed by atoms with Crippen LogP contribution in [0.5, 0.6) is 0 Å². The van der Waals surface area contributed by atoms with Crippen LogP contribution in [0.4, 0.5) is 0 Å². The zero-order valence-electron chi connectivity index (χ0n) is 9.34. The molecule has 1 aliphatic rings. The molecule has 16 heavy (non-hydrogen) atoms. The minimum Gasteiger partial charge on any atom is -0.406 e. The third-order valence-corrected chi connectivity index (χ3v) is 7.87. The molecule has 0 spiro atoms. The molecule has 1 aromatic carbocycles. The van der Waals surface area contributed by atoms with E-state index in [1.807, 2.05) is 0 Å². The molecule has 1 nitrogen and oxygen atoms in total. The van der Waals surface area contributed by atoms with Crippen LogP contribution in [0.1, 0.15) is 0 Å². The SMILES string of the molecule is [CH2-]C1CN(C)C1[S-](=P)=Pc1ccccc1.[Y]. The van der Waals surface area contributed by atoms with E-state index in [0.717, 1.165) is 6.54 Å². The van der Waals surface area contributed by atoms with Gasteiger partial charge in [0.05, 0.1) is 0 Å². The van der Waals surface area contributed by atoms with Crippen molar-refractivity contribution in [3.05, 3.63) is 37.3 Å². The summed E-state index contributed by atoms with van der Waals surface area (Å²) < 4.78 is 0. The standard InChI is InChI=1S/C11H15NP2S.Y/c1-9-8-12(2)11(9)15(13)14-10-6-4-3-5-7-10;/h3-7,9,11,13H,1,8H2,2H3;/q-2;. The summed E-state index contributed by atoms with van der Waals surface area (Å²) in [6, 6.07) is 10.6. The van der Waals surface area contributed by atoms with Crippen LogP contribution in [-0.2, 0) is 42.0 Å². The first-order valence-electron chi connectivity index (χ1n) is 4.93. The second kappa shape index (κ2) is 6.98. The molecule has 85 valence electrons. The molecule has 1 aromatic rings. The maximum Gasteiger partial charge on any atom is 0 e. The van der Waals surface area contributed by atoms with E-state index in [9.17, 15) is 0 Å². The summed E-state index contributed by atoms with van der Waals surface area (Å²) in [7, 11) is 7.61. The molecule has 0 bridgehead atoms. The molecule has 0 amide bonds. The van der Waals surface area contributed by atoms with E-state index in [1.165, 1.54) is 12.7 Å². The van der Waals surface area contributed by atoms with E-state index in [1.54, 1.807) is 0 Å². The van der Waals surface area contributed by atoms with Crippen molar-refractivity contribution in [2.45, 2.75) is 5.37 Å². The average Bonchev–Trinajstić information content (AvgIpc) is 2.18. The molecule has 0 aromatic heterocycles. The van der Waals surface area contributed by atoms with E-state index >= 15 is 0 Å². The van der Waals surface area contributed by atoms with Gasteiger partial charge in [0.1, 0.15) is 0 Å². The molecule has 1 fully saturated rings. The van der Waals surface area contributed by atoms with Crippen molar-refractivity contribution in [3.63, 3.8) is 0 Å². The van der Waals surface area contributed by atoms with E-state index < -0.39 is 0 Å². The molecular formula is C11H15NP2SY-2. The van der Waals surface area contributed by atoms with E-state index in [-0.39, 0.29) is 42.0 Å². The average molecular weight is 344 g/mol. The van der Waals surface area contributed by atoms with Gasteiger partial charge in [0.25, 0.3) is 0 Å². The van der Waals surface area contributed by atoms with Crippen LogP contribution < -0.4 is 5.30 Å². The predicted octanol–water partition coefficient (Wildman–Crippen LogP) is 2.57. The second-order valence-corrected chi connectivity index (χ2v) is 9.72. The van der Waals surface area contributed by atoms with Crippen LogP contribution >= 0.6 is 15.4 Å². The molecule has 0 aliphatic carbocycles. The Morgan fingerprint density at radius 3 is 2.56 bits per heavy atom. The van der Waals surface area contributed by atoms with Crippen molar-refractivity contribution in [2.75, 3.05) is 13.6 Å². The Kier molecular flexibility index (Phi) is 6.67. The summed E-state index contributed by atoms with van der Waals surface area (Å²) in [6.45, 7) is 5.30. The molecule has 5 heteroatoms. The maximum atomic E-state index is 4.17. The minimum absolute atomic E-state index is 0. The third kappa shape index (κ3) is 3.61. The molecule has 1 heterocycles. The van der Waals surface area contributed by atoms with E-state index in [0.29, 0.717) is 11.3 Å². The number of likely N-dealkylation sites (tertiary alicyclic amines) is 1. The van der Waals surface area contributed by atoms with Gasteiger partial charge < -0.3 is 21.1 Å². The Hall–Kier alpha value is 1.23. The van der Waals surface area contributed by atoms with Crippen molar-refractivity contribution in [1.82, 2.24) is 4.90 Å². The van der Waals surface area contributed by atoms with Gasteiger partial charge in [-0.3, -0.25) is 8.02 Å². The van der Waals surface area contributed by atoms with Crippen LogP contribution in [0.2, 0.25) is 0 Å². The van der Waals surface area contributed by atoms with Gasteiger partial charge in [-0.1, -0.05) is 35.7 Å². The third-order valence-electron chi connectivity index (χ3n) is 2.55. The maximum absolute atomic E-state index is 4.17. The van der Waals surface area contributed by atoms with Gasteiger partial charge in [0.2, 0.25) is 0 Å². The molecule has 2 atom stereocenters. The zero-order chi connectivity index (χ0) is 10.8. The van der Waals surface area contributed by atoms with Gasteiger partial charge in [-0.15, -0.1) is 0 Å². The van der Waals surface area contributed by atoms with Crippen LogP contribution in [0.3, 0.4) is 0 Å². The predicted molar refractivity (Wildman–Crippen MR) is 73.9 cm³/mol. The van der Waals surface area contributed by atoms with Crippen molar-refractivity contribution in [2.24, 2.45) is 5.92 Å². The fourth-order valence-corrected chi connectivity index (χ4v) is 7.74. The van der Waals surface area contributed by atoms with Crippen molar-refractivity contribution < 1.29 is 32.7 Å². The molecule has 1 radical (unpaired) electrons. The van der Waals surface area contributed by atoms with Gasteiger partial charge in [-0.2, -0.15) is 5.92 Å². The quantitative estimate of drug-likeness (QED) is 0.453. The Bertz CT molecular complexity index is 409. The molecular weight excluding hydrogens is 329 g/mol. The van der Waals surface area contributed by atoms with Crippen molar-refractivity contribution in [3.8, 4) is 0 Å². The normalized spacial score (nSPS) is 26.9. The van der Waals surface area contributed by atoms with E-state index in [2.05, 4.69) is 57.2 Å². The Morgan fingerprint density at radius 2 is 2.06 bits per heavy atom. The first kappa shape index (κ1) is 15.3. The van der Waals surface area contributed by atoms with Gasteiger partial charge >= 0.3 is 0 Å². The minimum atomic E-state index is 0. The molecule has 0 saturated carbocycles. The second-order valence-electron chi connectivity index (χ2n) is 3.83. The van der Waals surface area contributed by atoms with Crippen LogP contribution in [0.15, 0.2) is 30.3 Å². The Balaban J connectivity index is 0.00000128. The van der Waals surface area contributed by atoms with Crippen molar-refractivity contribution >= 4 is 29.9 Å². The summed E-state index contributed by atoms with van der Waals surface area (Å²) in [6.07, 6.45) is 0. The van der Waals surface area contributed by atoms with Gasteiger partial charge in [-0.05, 0) is 18.9 Å². The summed E-state index contributed by atoms with van der Waals surface area (Å²) in [5.41, 5.74) is 0. The zero-order valence-corrected chi connectivity index (χ0v) is 14.9. The van der Waals surface area contributed by atoms with Gasteiger partial charge in [0, 0.05) is 32.7 Å². The Labute approximate surface area is 128 Å². The smallest absolute Gasteiger partial charge is 0 e. The van der Waals surface area contributed by atoms with Crippen LogP contribution in [0, 0.1) is 12.8 Å². The summed E-state index contributed by atoms with van der Waals surface area (Å²) >= 11 is 0. The number of hydrogen-bond acceptors (Lipinski definition) is 2. The number of hydrogen-bond donors (Lipinski definition) is 0. The molecule has 1 aliphatic heterocycles. The topological polar surface area (TPSA) is 3.24 Å². The van der Waals surface area contributed by atoms with E-state index in [4.69, 9.17) is 0 Å². The summed E-state index contributed by atoms with van der Waals surface area (Å²) in [5, 5.41) is 1.98. The molecule has 1 saturated heterocycles. The molecule has 2 unspecified atom stereocenters. The monoisotopic (exact) mass is 344 g/mol. The number of benzene rings is 1. The van der Waals surface area contributed by atoms with Gasteiger partial charge in [0.15, 0.2) is 0 Å². The first-order valence-corrected chi connectivity index (χ1v) is 8.94.